The Bertz CT molecular complexity index is 3090. The van der Waals surface area contributed by atoms with Crippen molar-refractivity contribution in [1.82, 2.24) is 25.8 Å². The number of hydrogen-bond acceptors (Lipinski definition) is 11. The number of unbranched alkanes of at least 4 members (excludes halogenated alkanes) is 1. The van der Waals surface area contributed by atoms with Crippen molar-refractivity contribution in [3.8, 4) is 11.8 Å². The van der Waals surface area contributed by atoms with E-state index < -0.39 is 81.7 Å². The highest BCUT2D eigenvalue weighted by Crippen LogP contribution is 2.59. The first-order valence-corrected chi connectivity index (χ1v) is 27.3. The molecule has 0 radical (unpaired) electrons. The molecule has 3 aliphatic heterocycles. The number of amides is 7. The topological polar surface area (TPSA) is 257 Å². The third kappa shape index (κ3) is 11.6. The molecule has 0 aliphatic carbocycles. The summed E-state index contributed by atoms with van der Waals surface area (Å²) in [4.78, 5) is 116. The molecule has 2 fully saturated rings. The zero-order valence-electron chi connectivity index (χ0n) is 39.7. The fourth-order valence-corrected chi connectivity index (χ4v) is 10.9. The van der Waals surface area contributed by atoms with Gasteiger partial charge in [-0.3, -0.25) is 43.4 Å². The van der Waals surface area contributed by atoms with E-state index in [1.54, 1.807) is 39.0 Å². The second-order valence-electron chi connectivity index (χ2n) is 18.9. The molecule has 0 saturated carbocycles. The molecule has 2 saturated heterocycles. The number of halogens is 2. The predicted octanol–water partition coefficient (Wildman–Crippen LogP) is 4.80. The number of carbonyl (C=O) groups is 7. The highest BCUT2D eigenvalue weighted by molar-refractivity contribution is 7.90. The number of benzene rings is 3. The Kier molecular flexibility index (Phi) is 15.6. The summed E-state index contributed by atoms with van der Waals surface area (Å²) in [6.07, 6.45) is 2.72. The number of carbonyl (C=O) groups excluding carboxylic acids is 7. The van der Waals surface area contributed by atoms with Gasteiger partial charge in [0, 0.05) is 78.8 Å². The molecule has 4 aromatic rings. The minimum atomic E-state index is -5.86. The summed E-state index contributed by atoms with van der Waals surface area (Å²) in [6.45, 7) is 5.54. The predicted molar refractivity (Wildman–Crippen MR) is 261 cm³/mol. The van der Waals surface area contributed by atoms with Gasteiger partial charge in [-0.1, -0.05) is 44.7 Å². The number of imide groups is 1. The number of rotatable bonds is 15. The van der Waals surface area contributed by atoms with Gasteiger partial charge in [0.25, 0.3) is 11.8 Å². The molecule has 3 atom stereocenters. The number of thiophene rings is 1. The van der Waals surface area contributed by atoms with E-state index in [0.29, 0.717) is 40.7 Å². The highest BCUT2D eigenvalue weighted by atomic mass is 32.2. The molecule has 7 amide bonds. The average Bonchev–Trinajstić information content (AvgIpc) is 4.06. The van der Waals surface area contributed by atoms with Crippen LogP contribution in [-0.4, -0.2) is 113 Å². The molecule has 0 bridgehead atoms. The number of hydrogen-bond donors (Lipinski definition) is 5. The second kappa shape index (κ2) is 21.0. The normalized spacial score (nSPS) is 17.8. The van der Waals surface area contributed by atoms with Crippen LogP contribution >= 0.6 is 18.9 Å². The first-order chi connectivity index (χ1) is 33.8. The quantitative estimate of drug-likeness (QED) is 0.0466. The van der Waals surface area contributed by atoms with Gasteiger partial charge in [0.15, 0.2) is 9.84 Å². The van der Waals surface area contributed by atoms with Crippen LogP contribution in [0.2, 0.25) is 0 Å². The van der Waals surface area contributed by atoms with Crippen molar-refractivity contribution >= 4 is 85.9 Å². The van der Waals surface area contributed by atoms with Gasteiger partial charge >= 0.3 is 13.3 Å². The zero-order chi connectivity index (χ0) is 52.5. The Morgan fingerprint density at radius 1 is 1.01 bits per heavy atom. The van der Waals surface area contributed by atoms with Gasteiger partial charge in [0.1, 0.15) is 18.1 Å². The van der Waals surface area contributed by atoms with Gasteiger partial charge in [-0.2, -0.15) is 8.78 Å². The van der Waals surface area contributed by atoms with Gasteiger partial charge in [0.05, 0.1) is 9.77 Å². The van der Waals surface area contributed by atoms with Crippen molar-refractivity contribution < 1.29 is 65.1 Å². The third-order valence-electron chi connectivity index (χ3n) is 12.7. The van der Waals surface area contributed by atoms with E-state index in [1.165, 1.54) is 51.1 Å². The fraction of sp³-hybridized carbons (Fsp3) is 0.408. The van der Waals surface area contributed by atoms with Gasteiger partial charge in [0.2, 0.25) is 29.5 Å². The standard InChI is InChI=1S/C49H53F2N6O12PS2/c1-48(2,3)42(54-44(61)39-27-30-26-31(14-20-38(30)71-39)49(50,51)70(65,66)67)47(64)56-24-9-13-37(56)46(63)55(32-15-17-33(18-16-32)72(4,68)69)25-22-40(58)52-23-7-5-6-10-29-11-8-12-34-35(29)28-57(45(34)62)36-19-21-41(59)53-43(36)60/h8,11-12,14-18,20,26-27,36-37,42H,5,7,9,13,19,21-25,28H2,1-4H3,(H,52,58)(H,54,61)(H,53,59,60)(H2,65,66,67)/t36?,37-,42?/m0/s1. The summed E-state index contributed by atoms with van der Waals surface area (Å²) in [6, 6.07) is 12.0. The lowest BCUT2D eigenvalue weighted by Crippen LogP contribution is -2.58. The molecule has 7 rings (SSSR count). The fourth-order valence-electron chi connectivity index (χ4n) is 8.80. The average molecular weight is 1050 g/mol. The lowest BCUT2D eigenvalue weighted by atomic mass is 9.85. The molecule has 5 N–H and O–H groups in total. The number of anilines is 1. The molecular weight excluding hydrogens is 998 g/mol. The Hall–Kier alpha value is -6.37. The molecule has 3 aliphatic rings. The van der Waals surface area contributed by atoms with Crippen LogP contribution in [0.15, 0.2) is 71.6 Å². The first-order valence-electron chi connectivity index (χ1n) is 23.0. The highest BCUT2D eigenvalue weighted by Gasteiger charge is 2.50. The minimum Gasteiger partial charge on any atom is -0.356 e. The van der Waals surface area contributed by atoms with Crippen molar-refractivity contribution in [1.29, 1.82) is 0 Å². The number of nitrogens with one attached hydrogen (secondary N) is 3. The van der Waals surface area contributed by atoms with Crippen LogP contribution in [0, 0.1) is 17.3 Å². The molecule has 1 aromatic heterocycles. The van der Waals surface area contributed by atoms with Gasteiger partial charge in [-0.15, -0.1) is 11.3 Å². The Labute approximate surface area is 418 Å². The SMILES string of the molecule is CC(C)(C)C(NC(=O)c1cc2cc(C(F)(F)P(=O)(O)O)ccc2s1)C(=O)N1CCC[C@H]1C(=O)N(CCC(=O)NCCCC#Cc1cccc2c1CN(C1CCC(=O)NC1=O)C2=O)c1ccc(S(C)(=O)=O)cc1. The van der Waals surface area contributed by atoms with Crippen LogP contribution in [-0.2, 0) is 50.6 Å². The van der Waals surface area contributed by atoms with Crippen molar-refractivity contribution in [2.75, 3.05) is 30.8 Å². The van der Waals surface area contributed by atoms with Crippen LogP contribution in [0.3, 0.4) is 0 Å². The van der Waals surface area contributed by atoms with E-state index in [0.717, 1.165) is 29.7 Å². The third-order valence-corrected chi connectivity index (χ3v) is 15.9. The van der Waals surface area contributed by atoms with Crippen LogP contribution in [0.1, 0.15) is 102 Å². The van der Waals surface area contributed by atoms with Crippen LogP contribution < -0.4 is 20.9 Å². The van der Waals surface area contributed by atoms with Crippen LogP contribution in [0.4, 0.5) is 14.5 Å². The number of piperidine rings is 1. The summed E-state index contributed by atoms with van der Waals surface area (Å²) < 4.78 is 65.5. The summed E-state index contributed by atoms with van der Waals surface area (Å²) >= 11 is 0.921. The molecule has 0 spiro atoms. The molecule has 2 unspecified atom stereocenters. The maximum atomic E-state index is 14.6. The van der Waals surface area contributed by atoms with E-state index in [1.807, 2.05) is 0 Å². The van der Waals surface area contributed by atoms with E-state index in [9.17, 15) is 65.1 Å². The van der Waals surface area contributed by atoms with Crippen LogP contribution in [0.25, 0.3) is 10.1 Å². The molecule has 23 heteroatoms. The van der Waals surface area contributed by atoms with Crippen molar-refractivity contribution in [2.45, 2.75) is 101 Å². The monoisotopic (exact) mass is 1050 g/mol. The Balaban J connectivity index is 0.997. The van der Waals surface area contributed by atoms with Gasteiger partial charge in [-0.05, 0) is 96.6 Å². The lowest BCUT2D eigenvalue weighted by molar-refractivity contribution is -0.141. The van der Waals surface area contributed by atoms with E-state index in [-0.39, 0.29) is 84.5 Å². The van der Waals surface area contributed by atoms with Crippen LogP contribution in [0.5, 0.6) is 0 Å². The van der Waals surface area contributed by atoms with Gasteiger partial charge in [-0.25, -0.2) is 8.42 Å². The molecule has 18 nitrogen and oxygen atoms in total. The number of sulfone groups is 1. The summed E-state index contributed by atoms with van der Waals surface area (Å²) in [7, 11) is -9.47. The van der Waals surface area contributed by atoms with Crippen molar-refractivity contribution in [3.05, 3.63) is 93.9 Å². The second-order valence-corrected chi connectivity index (χ2v) is 23.7. The summed E-state index contributed by atoms with van der Waals surface area (Å²) in [5.41, 5.74) is -4.30. The molecule has 382 valence electrons. The Morgan fingerprint density at radius 3 is 2.40 bits per heavy atom. The summed E-state index contributed by atoms with van der Waals surface area (Å²) in [5.74, 6) is 2.73. The molecule has 4 heterocycles. The maximum absolute atomic E-state index is 14.6. The maximum Gasteiger partial charge on any atom is 0.399 e. The minimum absolute atomic E-state index is 0.00147. The largest absolute Gasteiger partial charge is 0.399 e. The van der Waals surface area contributed by atoms with Crippen molar-refractivity contribution in [2.24, 2.45) is 5.41 Å². The lowest BCUT2D eigenvalue weighted by Gasteiger charge is -2.36. The van der Waals surface area contributed by atoms with E-state index in [4.69, 9.17) is 0 Å². The zero-order valence-corrected chi connectivity index (χ0v) is 42.2. The smallest absolute Gasteiger partial charge is 0.356 e. The number of nitrogens with zero attached hydrogens (tertiary/aromatic N) is 3. The first kappa shape index (κ1) is 53.4. The Morgan fingerprint density at radius 2 is 1.74 bits per heavy atom. The molecular formula is C49H53F2N6O12PS2. The van der Waals surface area contributed by atoms with E-state index >= 15 is 0 Å². The van der Waals surface area contributed by atoms with Gasteiger partial charge < -0.3 is 35.1 Å². The van der Waals surface area contributed by atoms with E-state index in [2.05, 4.69) is 27.8 Å². The number of fused-ring (bicyclic) bond motifs is 2. The molecule has 72 heavy (non-hydrogen) atoms. The van der Waals surface area contributed by atoms with Crippen molar-refractivity contribution in [3.63, 3.8) is 0 Å². The number of likely N-dealkylation sites (tertiary alicyclic amines) is 1. The number of alkyl halides is 2. The summed E-state index contributed by atoms with van der Waals surface area (Å²) in [5, 5.41) is 8.00. The molecule has 3 aromatic carbocycles.